The molecule has 0 amide bonds. The molecule has 0 bridgehead atoms. The van der Waals surface area contributed by atoms with Crippen molar-refractivity contribution in [3.05, 3.63) is 117 Å². The number of allylic oxidation sites excluding steroid dienone is 6. The predicted molar refractivity (Wildman–Crippen MR) is 239 cm³/mol. The average Bonchev–Trinajstić information content (AvgIpc) is 4.06. The quantitative estimate of drug-likeness (QED) is 0.212. The summed E-state index contributed by atoms with van der Waals surface area (Å²) in [6, 6.07) is 5.83. The van der Waals surface area contributed by atoms with Crippen LogP contribution in [0.3, 0.4) is 0 Å². The second-order valence-corrected chi connectivity index (χ2v) is 20.4. The Bertz CT molecular complexity index is 3050. The molecule has 2 fully saturated rings. The van der Waals surface area contributed by atoms with Gasteiger partial charge >= 0.3 is 0 Å². The van der Waals surface area contributed by atoms with E-state index in [0.717, 1.165) is 131 Å². The Labute approximate surface area is 372 Å². The van der Waals surface area contributed by atoms with Crippen molar-refractivity contribution in [3.8, 4) is 18.2 Å². The minimum Gasteiger partial charge on any atom is -0.481 e. The Morgan fingerprint density at radius 3 is 1.60 bits per heavy atom. The number of thiazole rings is 4. The van der Waals surface area contributed by atoms with E-state index in [1.165, 1.54) is 9.13 Å². The molecule has 62 heavy (non-hydrogen) atoms. The van der Waals surface area contributed by atoms with Crippen molar-refractivity contribution < 1.29 is 9.47 Å². The SMILES string of the molecule is [C-]#[N+]/C(C#N)=c1/s/c(=C\c2nc3c(s2)C2=CC4C=C5OC6(CCCCC6)c6nc(/C=c7/sc(=C(C#N)C#N)n(CC)c7=O)sc6C5=CC4C=C2OC32CCCCC2)c(=O)n1CC. The van der Waals surface area contributed by atoms with Gasteiger partial charge in [0.2, 0.25) is 0 Å². The van der Waals surface area contributed by atoms with Crippen molar-refractivity contribution in [2.45, 2.75) is 102 Å². The first kappa shape index (κ1) is 40.2. The molecule has 2 aliphatic heterocycles. The van der Waals surface area contributed by atoms with Crippen molar-refractivity contribution in [2.75, 3.05) is 0 Å². The third-order valence-corrected chi connectivity index (χ3v) is 17.1. The molecule has 0 N–H and O–H groups in total. The first-order chi connectivity index (χ1) is 30.2. The maximum Gasteiger partial charge on any atom is 0.294 e. The van der Waals surface area contributed by atoms with Gasteiger partial charge in [-0.2, -0.15) is 10.5 Å². The van der Waals surface area contributed by atoms with Crippen LogP contribution in [-0.2, 0) is 33.8 Å². The van der Waals surface area contributed by atoms with E-state index in [2.05, 4.69) is 29.1 Å². The van der Waals surface area contributed by atoms with Gasteiger partial charge in [-0.1, -0.05) is 25.0 Å². The lowest BCUT2D eigenvalue weighted by Crippen LogP contribution is -2.38. The summed E-state index contributed by atoms with van der Waals surface area (Å²) in [4.78, 5) is 43.0. The first-order valence-electron chi connectivity index (χ1n) is 21.0. The van der Waals surface area contributed by atoms with Crippen LogP contribution in [-0.4, -0.2) is 19.1 Å². The molecule has 4 aliphatic carbocycles. The van der Waals surface area contributed by atoms with Gasteiger partial charge in [0.1, 0.15) is 54.4 Å². The van der Waals surface area contributed by atoms with Gasteiger partial charge in [0.15, 0.2) is 16.8 Å². The van der Waals surface area contributed by atoms with E-state index in [-0.39, 0.29) is 34.2 Å². The highest BCUT2D eigenvalue weighted by Crippen LogP contribution is 2.57. The van der Waals surface area contributed by atoms with Crippen LogP contribution in [0.1, 0.15) is 109 Å². The molecular weight excluding hydrogens is 857 g/mol. The number of ether oxygens (including phenoxy) is 2. The molecule has 0 saturated heterocycles. The highest BCUT2D eigenvalue weighted by atomic mass is 32.1. The molecule has 0 aromatic carbocycles. The van der Waals surface area contributed by atoms with Gasteiger partial charge in [-0.25, -0.2) is 20.1 Å². The Morgan fingerprint density at radius 1 is 0.726 bits per heavy atom. The summed E-state index contributed by atoms with van der Waals surface area (Å²) in [5.74, 6) is 1.64. The molecule has 12 nitrogen and oxygen atoms in total. The fourth-order valence-corrected chi connectivity index (χ4v) is 14.4. The second-order valence-electron chi connectivity index (χ2n) is 16.3. The van der Waals surface area contributed by atoms with E-state index in [1.54, 1.807) is 34.8 Å². The summed E-state index contributed by atoms with van der Waals surface area (Å²) in [5.41, 5.74) is 1.99. The molecule has 16 heteroatoms. The van der Waals surface area contributed by atoms with Crippen molar-refractivity contribution in [2.24, 2.45) is 11.8 Å². The summed E-state index contributed by atoms with van der Waals surface area (Å²) < 4.78 is 18.8. The summed E-state index contributed by atoms with van der Waals surface area (Å²) in [6.45, 7) is 11.8. The second kappa shape index (κ2) is 15.5. The monoisotopic (exact) mass is 894 g/mol. The van der Waals surface area contributed by atoms with Crippen LogP contribution >= 0.6 is 45.3 Å². The summed E-state index contributed by atoms with van der Waals surface area (Å²) in [6.07, 6.45) is 22.3. The lowest BCUT2D eigenvalue weighted by Gasteiger charge is -2.45. The molecule has 2 saturated carbocycles. The Hall–Kier alpha value is -5.88. The van der Waals surface area contributed by atoms with Crippen LogP contribution in [0.15, 0.2) is 45.4 Å². The molecule has 2 unspecified atom stereocenters. The van der Waals surface area contributed by atoms with Gasteiger partial charge in [-0.05, 0) is 89.5 Å². The number of hydrogen-bond donors (Lipinski definition) is 0. The van der Waals surface area contributed by atoms with Gasteiger partial charge in [-0.15, -0.1) is 45.3 Å². The van der Waals surface area contributed by atoms with Crippen molar-refractivity contribution >= 4 is 79.9 Å². The lowest BCUT2D eigenvalue weighted by molar-refractivity contribution is -0.0374. The van der Waals surface area contributed by atoms with E-state index in [1.807, 2.05) is 32.1 Å². The molecule has 310 valence electrons. The maximum atomic E-state index is 13.5. The van der Waals surface area contributed by atoms with Gasteiger partial charge in [0, 0.05) is 36.1 Å². The highest BCUT2D eigenvalue weighted by molar-refractivity contribution is 7.14. The molecule has 6 aliphatic rings. The van der Waals surface area contributed by atoms with Crippen molar-refractivity contribution in [1.29, 1.82) is 15.8 Å². The number of aromatic nitrogens is 4. The number of nitrogens with zero attached hydrogens (tertiary/aromatic N) is 8. The fourth-order valence-electron chi connectivity index (χ4n) is 9.83. The summed E-state index contributed by atoms with van der Waals surface area (Å²) in [7, 11) is 0. The van der Waals surface area contributed by atoms with Gasteiger partial charge in [0.25, 0.3) is 16.8 Å². The van der Waals surface area contributed by atoms with Gasteiger partial charge in [0.05, 0.1) is 31.5 Å². The average molecular weight is 895 g/mol. The minimum absolute atomic E-state index is 0.0204. The van der Waals surface area contributed by atoms with Crippen LogP contribution in [0.5, 0.6) is 0 Å². The number of nitriles is 3. The lowest BCUT2D eigenvalue weighted by atomic mass is 9.73. The van der Waals surface area contributed by atoms with Crippen LogP contribution in [0, 0.1) is 52.4 Å². The third-order valence-electron chi connectivity index (χ3n) is 12.8. The van der Waals surface area contributed by atoms with Crippen LogP contribution in [0.2, 0.25) is 0 Å². The Balaban J connectivity index is 1.08. The van der Waals surface area contributed by atoms with E-state index in [4.69, 9.17) is 26.0 Å². The Kier molecular flexibility index (Phi) is 10.0. The number of fused-ring (bicyclic) bond motifs is 9. The molecule has 2 spiro atoms. The predicted octanol–water partition coefficient (Wildman–Crippen LogP) is 6.37. The molecule has 0 radical (unpaired) electrons. The van der Waals surface area contributed by atoms with E-state index in [0.29, 0.717) is 41.5 Å². The molecular formula is C46H38N8O4S4. The number of rotatable bonds is 4. The number of hydrogen-bond acceptors (Lipinski definition) is 13. The normalized spacial score (nSPS) is 22.3. The fraction of sp³-hybridized carbons (Fsp3) is 0.391. The summed E-state index contributed by atoms with van der Waals surface area (Å²) >= 11 is 5.41. The van der Waals surface area contributed by atoms with E-state index < -0.39 is 11.2 Å². The Morgan fingerprint density at radius 2 is 1.18 bits per heavy atom. The zero-order chi connectivity index (χ0) is 42.9. The highest BCUT2D eigenvalue weighted by Gasteiger charge is 2.50. The topological polar surface area (TPSA) is 164 Å². The van der Waals surface area contributed by atoms with Crippen LogP contribution < -0.4 is 29.5 Å². The smallest absolute Gasteiger partial charge is 0.294 e. The zero-order valence-electron chi connectivity index (χ0n) is 33.9. The minimum atomic E-state index is -0.586. The summed E-state index contributed by atoms with van der Waals surface area (Å²) in [5, 5.41) is 30.2. The molecule has 4 aromatic rings. The standard InChI is InChI=1S/C46H38N8O4S4/c1-4-53-41(55)33(59-43(53)27(22-47)23-48)20-35-51-39-37(61-35)28-16-25-19-32-29(17-26(25)18-31(28)57-45(39)12-8-6-9-13-45)38-40(46(58-32)14-10-7-11-15-46)52-36(62-38)21-34-42(56)54(5-2)44(60-34)30(24-49)50-3/h16-21,25-26H,4-15H2,1-2H3/b33-20+,34-21-,44-30+. The molecule has 10 rings (SSSR count). The van der Waals surface area contributed by atoms with Crippen LogP contribution in [0.25, 0.3) is 39.4 Å². The third kappa shape index (κ3) is 6.27. The molecule has 2 atom stereocenters. The van der Waals surface area contributed by atoms with Crippen molar-refractivity contribution in [3.63, 3.8) is 0 Å². The van der Waals surface area contributed by atoms with Gasteiger partial charge < -0.3 is 14.0 Å². The zero-order valence-corrected chi connectivity index (χ0v) is 37.2. The molecule has 4 aromatic heterocycles. The largest absolute Gasteiger partial charge is 0.481 e. The van der Waals surface area contributed by atoms with Gasteiger partial charge in [-0.3, -0.25) is 14.2 Å². The maximum absolute atomic E-state index is 13.5. The van der Waals surface area contributed by atoms with E-state index in [9.17, 15) is 25.4 Å². The van der Waals surface area contributed by atoms with E-state index >= 15 is 0 Å². The molecule has 6 heterocycles. The van der Waals surface area contributed by atoms with Crippen LogP contribution in [0.4, 0.5) is 0 Å². The van der Waals surface area contributed by atoms with Crippen molar-refractivity contribution in [1.82, 2.24) is 19.1 Å². The first-order valence-corrected chi connectivity index (χ1v) is 24.2.